The van der Waals surface area contributed by atoms with Crippen LogP contribution in [0.5, 0.6) is 0 Å². The number of thiophene rings is 1. The summed E-state index contributed by atoms with van der Waals surface area (Å²) in [6.45, 7) is 0. The molecule has 21 heavy (non-hydrogen) atoms. The van der Waals surface area contributed by atoms with E-state index in [0.717, 1.165) is 16.8 Å². The first-order valence-electron chi connectivity index (χ1n) is 6.17. The lowest BCUT2D eigenvalue weighted by Gasteiger charge is -2.02. The van der Waals surface area contributed by atoms with E-state index >= 15 is 0 Å². The van der Waals surface area contributed by atoms with Crippen molar-refractivity contribution in [2.75, 3.05) is 0 Å². The molecule has 0 unspecified atom stereocenters. The van der Waals surface area contributed by atoms with Crippen molar-refractivity contribution >= 4 is 17.3 Å². The lowest BCUT2D eigenvalue weighted by molar-refractivity contribution is 0.0697. The van der Waals surface area contributed by atoms with Crippen molar-refractivity contribution in [3.05, 3.63) is 64.6 Å². The fourth-order valence-corrected chi connectivity index (χ4v) is 2.77. The second-order valence-corrected chi connectivity index (χ2v) is 5.25. The van der Waals surface area contributed by atoms with Gasteiger partial charge in [0.2, 0.25) is 0 Å². The van der Waals surface area contributed by atoms with Crippen molar-refractivity contribution in [2.24, 2.45) is 0 Å². The Hall–Kier alpha value is -2.84. The molecule has 0 radical (unpaired) electrons. The van der Waals surface area contributed by atoms with Gasteiger partial charge in [-0.05, 0) is 46.7 Å². The van der Waals surface area contributed by atoms with E-state index < -0.39 is 5.97 Å². The maximum absolute atomic E-state index is 10.9. The highest BCUT2D eigenvalue weighted by molar-refractivity contribution is 7.08. The van der Waals surface area contributed by atoms with E-state index in [1.165, 1.54) is 0 Å². The van der Waals surface area contributed by atoms with Crippen molar-refractivity contribution in [1.82, 2.24) is 4.57 Å². The van der Waals surface area contributed by atoms with Crippen molar-refractivity contribution in [3.8, 4) is 22.9 Å². The Morgan fingerprint density at radius 3 is 2.52 bits per heavy atom. The Bertz CT molecular complexity index is 824. The normalized spacial score (nSPS) is 10.2. The molecule has 0 saturated carbocycles. The molecule has 3 rings (SSSR count). The second kappa shape index (κ2) is 5.27. The molecule has 0 amide bonds. The van der Waals surface area contributed by atoms with E-state index in [1.807, 2.05) is 27.6 Å². The number of aromatic carboxylic acids is 1. The van der Waals surface area contributed by atoms with E-state index in [4.69, 9.17) is 5.11 Å². The standard InChI is InChI=1S/C16H10N2O2S/c17-7-13-8-18(9-15(13)12-5-6-21-10-12)14-3-1-11(2-4-14)16(19)20/h1-6,8-10H,(H,19,20). The number of hydrogen-bond donors (Lipinski definition) is 1. The topological polar surface area (TPSA) is 66.0 Å². The van der Waals surface area contributed by atoms with Crippen LogP contribution in [-0.4, -0.2) is 15.6 Å². The molecule has 0 spiro atoms. The molecule has 0 saturated heterocycles. The minimum absolute atomic E-state index is 0.240. The summed E-state index contributed by atoms with van der Waals surface area (Å²) in [6, 6.07) is 10.7. The summed E-state index contributed by atoms with van der Waals surface area (Å²) in [7, 11) is 0. The van der Waals surface area contributed by atoms with E-state index in [1.54, 1.807) is 41.8 Å². The van der Waals surface area contributed by atoms with Crippen molar-refractivity contribution in [3.63, 3.8) is 0 Å². The van der Waals surface area contributed by atoms with Gasteiger partial charge in [-0.2, -0.15) is 16.6 Å². The smallest absolute Gasteiger partial charge is 0.335 e. The maximum Gasteiger partial charge on any atom is 0.335 e. The SMILES string of the molecule is N#Cc1cn(-c2ccc(C(=O)O)cc2)cc1-c1ccsc1. The van der Waals surface area contributed by atoms with Crippen LogP contribution < -0.4 is 0 Å². The number of nitrogens with zero attached hydrogens (tertiary/aromatic N) is 2. The van der Waals surface area contributed by atoms with Crippen LogP contribution in [0.1, 0.15) is 15.9 Å². The molecule has 1 N–H and O–H groups in total. The van der Waals surface area contributed by atoms with Crippen LogP contribution in [0.3, 0.4) is 0 Å². The third-order valence-electron chi connectivity index (χ3n) is 3.19. The predicted molar refractivity (Wildman–Crippen MR) is 80.8 cm³/mol. The van der Waals surface area contributed by atoms with E-state index in [-0.39, 0.29) is 5.56 Å². The van der Waals surface area contributed by atoms with Crippen molar-refractivity contribution in [2.45, 2.75) is 0 Å². The monoisotopic (exact) mass is 294 g/mol. The summed E-state index contributed by atoms with van der Waals surface area (Å²) in [5.74, 6) is -0.953. The highest BCUT2D eigenvalue weighted by Crippen LogP contribution is 2.28. The lowest BCUT2D eigenvalue weighted by atomic mass is 10.1. The van der Waals surface area contributed by atoms with Gasteiger partial charge in [0.1, 0.15) is 6.07 Å². The largest absolute Gasteiger partial charge is 0.478 e. The molecule has 0 bridgehead atoms. The highest BCUT2D eigenvalue weighted by atomic mass is 32.1. The number of carbonyl (C=O) groups is 1. The van der Waals surface area contributed by atoms with E-state index in [2.05, 4.69) is 6.07 Å². The first-order chi connectivity index (χ1) is 10.2. The van der Waals surface area contributed by atoms with Crippen LogP contribution in [0, 0.1) is 11.3 Å². The van der Waals surface area contributed by atoms with Crippen LogP contribution in [0.15, 0.2) is 53.5 Å². The molecule has 102 valence electrons. The van der Waals surface area contributed by atoms with Crippen LogP contribution in [0.2, 0.25) is 0 Å². The van der Waals surface area contributed by atoms with Crippen molar-refractivity contribution in [1.29, 1.82) is 5.26 Å². The third-order valence-corrected chi connectivity index (χ3v) is 3.87. The minimum atomic E-state index is -0.953. The Morgan fingerprint density at radius 2 is 1.95 bits per heavy atom. The van der Waals surface area contributed by atoms with Gasteiger partial charge in [0.15, 0.2) is 0 Å². The summed E-state index contributed by atoms with van der Waals surface area (Å²) in [4.78, 5) is 10.9. The van der Waals surface area contributed by atoms with Gasteiger partial charge in [-0.1, -0.05) is 0 Å². The van der Waals surface area contributed by atoms with Crippen LogP contribution >= 0.6 is 11.3 Å². The van der Waals surface area contributed by atoms with E-state index in [0.29, 0.717) is 5.56 Å². The number of rotatable bonds is 3. The van der Waals surface area contributed by atoms with Gasteiger partial charge in [-0.15, -0.1) is 0 Å². The summed E-state index contributed by atoms with van der Waals surface area (Å²) in [5.41, 5.74) is 3.54. The Kier molecular flexibility index (Phi) is 3.30. The van der Waals surface area contributed by atoms with Gasteiger partial charge in [0, 0.05) is 23.6 Å². The summed E-state index contributed by atoms with van der Waals surface area (Å²) >= 11 is 1.58. The summed E-state index contributed by atoms with van der Waals surface area (Å²) in [6.07, 6.45) is 3.64. The average Bonchev–Trinajstić information content (AvgIpc) is 3.16. The first-order valence-corrected chi connectivity index (χ1v) is 7.11. The molecular formula is C16H10N2O2S. The van der Waals surface area contributed by atoms with Gasteiger partial charge < -0.3 is 9.67 Å². The zero-order valence-corrected chi connectivity index (χ0v) is 11.7. The quantitative estimate of drug-likeness (QED) is 0.799. The van der Waals surface area contributed by atoms with Gasteiger partial charge in [0.25, 0.3) is 0 Å². The Morgan fingerprint density at radius 1 is 1.19 bits per heavy atom. The zero-order chi connectivity index (χ0) is 14.8. The summed E-state index contributed by atoms with van der Waals surface area (Å²) in [5, 5.41) is 22.1. The zero-order valence-electron chi connectivity index (χ0n) is 10.9. The number of carboxylic acid groups (broad SMARTS) is 1. The number of nitriles is 1. The second-order valence-electron chi connectivity index (χ2n) is 4.47. The Labute approximate surface area is 125 Å². The van der Waals surface area contributed by atoms with Crippen LogP contribution in [-0.2, 0) is 0 Å². The first kappa shape index (κ1) is 13.2. The molecule has 0 aliphatic rings. The van der Waals surface area contributed by atoms with Gasteiger partial charge in [-0.25, -0.2) is 4.79 Å². The van der Waals surface area contributed by atoms with Gasteiger partial charge >= 0.3 is 5.97 Å². The molecular weight excluding hydrogens is 284 g/mol. The molecule has 0 aliphatic carbocycles. The lowest BCUT2D eigenvalue weighted by Crippen LogP contribution is -1.97. The molecule has 5 heteroatoms. The molecule has 2 heterocycles. The molecule has 0 fully saturated rings. The number of benzene rings is 1. The number of hydrogen-bond acceptors (Lipinski definition) is 3. The fourth-order valence-electron chi connectivity index (χ4n) is 2.12. The fraction of sp³-hybridized carbons (Fsp3) is 0. The van der Waals surface area contributed by atoms with Gasteiger partial charge in [0.05, 0.1) is 11.1 Å². The summed E-state index contributed by atoms with van der Waals surface area (Å²) < 4.78 is 1.83. The van der Waals surface area contributed by atoms with Crippen molar-refractivity contribution < 1.29 is 9.90 Å². The molecule has 0 aliphatic heterocycles. The minimum Gasteiger partial charge on any atom is -0.478 e. The average molecular weight is 294 g/mol. The predicted octanol–water partition coefficient (Wildman–Crippen LogP) is 3.78. The maximum atomic E-state index is 10.9. The molecule has 0 atom stereocenters. The van der Waals surface area contributed by atoms with Crippen LogP contribution in [0.25, 0.3) is 16.8 Å². The number of aromatic nitrogens is 1. The highest BCUT2D eigenvalue weighted by Gasteiger charge is 2.10. The third kappa shape index (κ3) is 2.45. The number of carboxylic acids is 1. The van der Waals surface area contributed by atoms with Crippen LogP contribution in [0.4, 0.5) is 0 Å². The molecule has 4 nitrogen and oxygen atoms in total. The molecule has 2 aromatic heterocycles. The van der Waals surface area contributed by atoms with Gasteiger partial charge in [-0.3, -0.25) is 0 Å². The Balaban J connectivity index is 2.04. The molecule has 3 aromatic rings. The molecule has 1 aromatic carbocycles. The van der Waals surface area contributed by atoms with E-state index in [9.17, 15) is 10.1 Å².